The largest absolute Gasteiger partial charge is 0.497 e. The van der Waals surface area contributed by atoms with E-state index < -0.39 is 11.7 Å². The molecule has 1 aromatic carbocycles. The van der Waals surface area contributed by atoms with Crippen LogP contribution >= 0.6 is 0 Å². The molecule has 0 aliphatic carbocycles. The molecule has 0 N–H and O–H groups in total. The van der Waals surface area contributed by atoms with Gasteiger partial charge in [-0.1, -0.05) is 6.58 Å². The zero-order valence-corrected chi connectivity index (χ0v) is 16.4. The minimum atomic E-state index is -4.56. The molecule has 0 aliphatic heterocycles. The number of rotatable bonds is 6. The van der Waals surface area contributed by atoms with E-state index >= 15 is 0 Å². The lowest BCUT2D eigenvalue weighted by Gasteiger charge is -2.23. The number of benzene rings is 1. The van der Waals surface area contributed by atoms with E-state index in [9.17, 15) is 18.0 Å². The number of halogens is 3. The molecule has 2 aromatic rings. The van der Waals surface area contributed by atoms with Crippen molar-refractivity contribution in [1.29, 1.82) is 0 Å². The third kappa shape index (κ3) is 6.95. The fourth-order valence-corrected chi connectivity index (χ4v) is 2.18. The first kappa shape index (κ1) is 23.7. The zero-order valence-electron chi connectivity index (χ0n) is 16.4. The second-order valence-corrected chi connectivity index (χ2v) is 5.43. The third-order valence-corrected chi connectivity index (χ3v) is 3.46. The fourth-order valence-electron chi connectivity index (χ4n) is 2.18. The first-order valence-corrected chi connectivity index (χ1v) is 8.41. The molecule has 1 aromatic heterocycles. The molecule has 1 heterocycles. The van der Waals surface area contributed by atoms with E-state index in [1.165, 1.54) is 26.3 Å². The monoisotopic (exact) mass is 409 g/mol. The predicted octanol–water partition coefficient (Wildman–Crippen LogP) is 4.77. The predicted molar refractivity (Wildman–Crippen MR) is 106 cm³/mol. The summed E-state index contributed by atoms with van der Waals surface area (Å²) in [5.74, 6) is 0.0294. The molecular formula is C20H22F3N3O3. The molecular weight excluding hydrogens is 387 g/mol. The minimum Gasteiger partial charge on any atom is -0.497 e. The van der Waals surface area contributed by atoms with Gasteiger partial charge in [0.05, 0.1) is 19.4 Å². The fraction of sp³-hybridized carbons (Fsp3) is 0.250. The number of carbonyl (C=O) groups excluding carboxylic acids is 1. The summed E-state index contributed by atoms with van der Waals surface area (Å²) in [5.41, 5.74) is -0.133. The Bertz CT molecular complexity index is 837. The number of carbonyl (C=O) groups is 1. The van der Waals surface area contributed by atoms with Crippen LogP contribution in [0.4, 0.5) is 19.0 Å². The van der Waals surface area contributed by atoms with Crippen molar-refractivity contribution >= 4 is 24.2 Å². The Morgan fingerprint density at radius 3 is 2.28 bits per heavy atom. The van der Waals surface area contributed by atoms with Gasteiger partial charge in [-0.3, -0.25) is 4.79 Å². The quantitative estimate of drug-likeness (QED) is 0.391. The number of ether oxygens (including phenoxy) is 2. The van der Waals surface area contributed by atoms with Gasteiger partial charge < -0.3 is 9.47 Å². The van der Waals surface area contributed by atoms with E-state index in [-0.39, 0.29) is 17.5 Å². The van der Waals surface area contributed by atoms with Crippen LogP contribution in [0.3, 0.4) is 0 Å². The van der Waals surface area contributed by atoms with Crippen LogP contribution in [-0.2, 0) is 15.7 Å². The maximum Gasteiger partial charge on any atom is 0.420 e. The molecule has 9 heteroatoms. The van der Waals surface area contributed by atoms with Crippen LogP contribution in [0.25, 0.3) is 5.70 Å². The Hall–Kier alpha value is -3.36. The van der Waals surface area contributed by atoms with Crippen molar-refractivity contribution in [3.8, 4) is 5.75 Å². The van der Waals surface area contributed by atoms with Gasteiger partial charge in [0.25, 0.3) is 0 Å². The molecule has 2 rings (SSSR count). The van der Waals surface area contributed by atoms with Gasteiger partial charge in [0.15, 0.2) is 5.82 Å². The SMILES string of the molecule is C=NN(C(=C)c1ccc(OC)cc1)c1ncccc1C(F)(F)F.CCOC(C)=O. The second-order valence-electron chi connectivity index (χ2n) is 5.43. The highest BCUT2D eigenvalue weighted by Gasteiger charge is 2.36. The van der Waals surface area contributed by atoms with E-state index in [2.05, 4.69) is 28.1 Å². The van der Waals surface area contributed by atoms with Crippen LogP contribution in [0.2, 0.25) is 0 Å². The second kappa shape index (κ2) is 10.8. The number of aromatic nitrogens is 1. The summed E-state index contributed by atoms with van der Waals surface area (Å²) in [5, 5.41) is 4.60. The van der Waals surface area contributed by atoms with Crippen molar-refractivity contribution < 1.29 is 27.4 Å². The van der Waals surface area contributed by atoms with Crippen molar-refractivity contribution in [1.82, 2.24) is 4.98 Å². The zero-order chi connectivity index (χ0) is 22.0. The van der Waals surface area contributed by atoms with Crippen molar-refractivity contribution in [2.45, 2.75) is 20.0 Å². The maximum absolute atomic E-state index is 13.1. The van der Waals surface area contributed by atoms with Crippen molar-refractivity contribution in [3.63, 3.8) is 0 Å². The van der Waals surface area contributed by atoms with E-state index in [0.29, 0.717) is 17.9 Å². The molecule has 0 bridgehead atoms. The summed E-state index contributed by atoms with van der Waals surface area (Å²) < 4.78 is 48.9. The maximum atomic E-state index is 13.1. The lowest BCUT2D eigenvalue weighted by Crippen LogP contribution is -2.20. The molecule has 0 radical (unpaired) electrons. The Kier molecular flexibility index (Phi) is 8.85. The van der Waals surface area contributed by atoms with Gasteiger partial charge in [-0.15, -0.1) is 0 Å². The number of esters is 1. The van der Waals surface area contributed by atoms with Gasteiger partial charge in [0, 0.05) is 19.8 Å². The van der Waals surface area contributed by atoms with Crippen LogP contribution < -0.4 is 9.75 Å². The average Bonchev–Trinajstić information content (AvgIpc) is 2.68. The van der Waals surface area contributed by atoms with Crippen molar-refractivity contribution in [2.75, 3.05) is 18.7 Å². The Labute approximate surface area is 167 Å². The molecule has 0 saturated heterocycles. The van der Waals surface area contributed by atoms with E-state index in [1.807, 2.05) is 0 Å². The Morgan fingerprint density at radius 1 is 1.24 bits per heavy atom. The Morgan fingerprint density at radius 2 is 1.86 bits per heavy atom. The van der Waals surface area contributed by atoms with Gasteiger partial charge >= 0.3 is 12.1 Å². The number of anilines is 1. The normalized spacial score (nSPS) is 10.3. The molecule has 6 nitrogen and oxygen atoms in total. The number of methoxy groups -OCH3 is 1. The molecule has 0 unspecified atom stereocenters. The molecule has 0 saturated carbocycles. The summed E-state index contributed by atoms with van der Waals surface area (Å²) in [6.07, 6.45) is -3.31. The topological polar surface area (TPSA) is 64.0 Å². The van der Waals surface area contributed by atoms with Crippen LogP contribution in [0.5, 0.6) is 5.75 Å². The number of pyridine rings is 1. The number of hydrogen-bond acceptors (Lipinski definition) is 6. The molecule has 29 heavy (non-hydrogen) atoms. The number of hydrazone groups is 1. The number of nitrogens with zero attached hydrogens (tertiary/aromatic N) is 3. The first-order chi connectivity index (χ1) is 13.6. The van der Waals surface area contributed by atoms with Gasteiger partial charge in [0.1, 0.15) is 11.3 Å². The van der Waals surface area contributed by atoms with Crippen molar-refractivity contribution in [3.05, 3.63) is 60.3 Å². The van der Waals surface area contributed by atoms with E-state index in [0.717, 1.165) is 11.1 Å². The highest BCUT2D eigenvalue weighted by molar-refractivity contribution is 5.78. The molecule has 0 atom stereocenters. The summed E-state index contributed by atoms with van der Waals surface area (Å²) in [4.78, 5) is 13.6. The van der Waals surface area contributed by atoms with Crippen LogP contribution in [0.1, 0.15) is 25.0 Å². The number of hydrogen-bond donors (Lipinski definition) is 0. The van der Waals surface area contributed by atoms with E-state index in [4.69, 9.17) is 4.74 Å². The van der Waals surface area contributed by atoms with E-state index in [1.54, 1.807) is 31.2 Å². The molecule has 0 aliphatic rings. The van der Waals surface area contributed by atoms with Gasteiger partial charge in [-0.2, -0.15) is 18.3 Å². The molecule has 0 fully saturated rings. The average molecular weight is 409 g/mol. The number of alkyl halides is 3. The standard InChI is InChI=1S/C16H14F3N3O.C4H8O2/c1-11(12-6-8-13(23-3)9-7-12)22(20-2)15-14(16(17,18)19)5-4-10-21-15;1-3-6-4(2)5/h4-10H,1-2H2,3H3;3H2,1-2H3. The molecule has 156 valence electrons. The first-order valence-electron chi connectivity index (χ1n) is 8.41. The lowest BCUT2D eigenvalue weighted by molar-refractivity contribution is -0.140. The van der Waals surface area contributed by atoms with Gasteiger partial charge in [-0.05, 0) is 48.9 Å². The Balaban J connectivity index is 0.000000612. The summed E-state index contributed by atoms with van der Waals surface area (Å²) in [6, 6.07) is 8.81. The van der Waals surface area contributed by atoms with Gasteiger partial charge in [-0.25, -0.2) is 9.99 Å². The minimum absolute atomic E-state index is 0.211. The highest BCUT2D eigenvalue weighted by atomic mass is 19.4. The summed E-state index contributed by atoms with van der Waals surface area (Å²) >= 11 is 0. The highest BCUT2D eigenvalue weighted by Crippen LogP contribution is 2.37. The van der Waals surface area contributed by atoms with Crippen LogP contribution in [-0.4, -0.2) is 31.4 Å². The smallest absolute Gasteiger partial charge is 0.420 e. The van der Waals surface area contributed by atoms with Gasteiger partial charge in [0.2, 0.25) is 0 Å². The molecule has 0 amide bonds. The molecule has 0 spiro atoms. The summed E-state index contributed by atoms with van der Waals surface area (Å²) in [7, 11) is 1.52. The summed E-state index contributed by atoms with van der Waals surface area (Å²) in [6.45, 7) is 10.8. The third-order valence-electron chi connectivity index (χ3n) is 3.46. The van der Waals surface area contributed by atoms with Crippen molar-refractivity contribution in [2.24, 2.45) is 5.10 Å². The lowest BCUT2D eigenvalue weighted by atomic mass is 10.1. The van der Waals surface area contributed by atoms with Crippen LogP contribution in [0.15, 0.2) is 54.3 Å². The van der Waals surface area contributed by atoms with Crippen LogP contribution in [0, 0.1) is 0 Å².